The highest BCUT2D eigenvalue weighted by atomic mass is 19.1. The molecule has 1 aliphatic rings. The van der Waals surface area contributed by atoms with E-state index in [1.807, 2.05) is 0 Å². The van der Waals surface area contributed by atoms with E-state index in [4.69, 9.17) is 4.74 Å². The highest BCUT2D eigenvalue weighted by Gasteiger charge is 2.54. The molecule has 2 amide bonds. The number of nitro benzene ring substituents is 1. The van der Waals surface area contributed by atoms with Crippen molar-refractivity contribution in [2.45, 2.75) is 5.54 Å². The number of non-ortho nitro benzene ring substituents is 1. The number of nitrogens with zero attached hydrogens (tertiary/aromatic N) is 2. The first kappa shape index (κ1) is 17.3. The zero-order chi connectivity index (χ0) is 19.1. The first-order valence-corrected chi connectivity index (χ1v) is 7.17. The predicted molar refractivity (Wildman–Crippen MR) is 81.4 cm³/mol. The number of benzene rings is 2. The average molecular weight is 364 g/mol. The number of amides is 2. The Morgan fingerprint density at radius 1 is 1.15 bits per heavy atom. The minimum absolute atomic E-state index is 0.0846. The number of ether oxygens (including phenoxy) is 1. The molecule has 0 saturated carbocycles. The fourth-order valence-electron chi connectivity index (χ4n) is 2.94. The van der Waals surface area contributed by atoms with Gasteiger partial charge in [0, 0.05) is 18.2 Å². The van der Waals surface area contributed by atoms with E-state index in [9.17, 15) is 33.6 Å². The maximum atomic E-state index is 13.7. The molecule has 2 aromatic rings. The van der Waals surface area contributed by atoms with E-state index in [1.165, 1.54) is 12.1 Å². The summed E-state index contributed by atoms with van der Waals surface area (Å²) in [7, 11) is 0. The Hall–Kier alpha value is -3.56. The van der Waals surface area contributed by atoms with Gasteiger partial charge in [0.2, 0.25) is 0 Å². The molecule has 134 valence electrons. The molecular formula is C16H10F2N2O6. The third-order valence-electron chi connectivity index (χ3n) is 4.06. The second-order valence-electron chi connectivity index (χ2n) is 5.49. The van der Waals surface area contributed by atoms with Crippen LogP contribution >= 0.6 is 0 Å². The van der Waals surface area contributed by atoms with Gasteiger partial charge in [0.1, 0.15) is 23.8 Å². The summed E-state index contributed by atoms with van der Waals surface area (Å²) < 4.78 is 32.3. The molecule has 1 atom stereocenters. The molecule has 0 spiro atoms. The third-order valence-corrected chi connectivity index (χ3v) is 4.06. The highest BCUT2D eigenvalue weighted by molar-refractivity contribution is 5.90. The average Bonchev–Trinajstić information content (AvgIpc) is 2.92. The van der Waals surface area contributed by atoms with E-state index in [-0.39, 0.29) is 16.8 Å². The molecule has 26 heavy (non-hydrogen) atoms. The van der Waals surface area contributed by atoms with Crippen molar-refractivity contribution in [1.82, 2.24) is 4.90 Å². The Balaban J connectivity index is 2.27. The van der Waals surface area contributed by atoms with Crippen LogP contribution in [-0.4, -0.2) is 33.7 Å². The van der Waals surface area contributed by atoms with Crippen LogP contribution in [0.5, 0.6) is 0 Å². The smallest absolute Gasteiger partial charge is 0.420 e. The molecule has 1 aliphatic heterocycles. The van der Waals surface area contributed by atoms with Gasteiger partial charge in [-0.25, -0.2) is 18.4 Å². The summed E-state index contributed by atoms with van der Waals surface area (Å²) in [5, 5.41) is 20.3. The van der Waals surface area contributed by atoms with E-state index in [0.717, 1.165) is 24.3 Å². The van der Waals surface area contributed by atoms with Crippen molar-refractivity contribution in [2.75, 3.05) is 6.61 Å². The van der Waals surface area contributed by atoms with Crippen LogP contribution in [0.25, 0.3) is 0 Å². The predicted octanol–water partition coefficient (Wildman–Crippen LogP) is 3.25. The monoisotopic (exact) mass is 364 g/mol. The van der Waals surface area contributed by atoms with Crippen molar-refractivity contribution in [3.63, 3.8) is 0 Å². The lowest BCUT2D eigenvalue weighted by molar-refractivity contribution is -0.384. The minimum atomic E-state index is -1.89. The molecule has 0 aliphatic carbocycles. The second-order valence-corrected chi connectivity index (χ2v) is 5.49. The molecule has 0 bridgehead atoms. The van der Waals surface area contributed by atoms with E-state index in [1.54, 1.807) is 0 Å². The van der Waals surface area contributed by atoms with Crippen LogP contribution in [0.15, 0.2) is 42.5 Å². The van der Waals surface area contributed by atoms with Gasteiger partial charge in [-0.3, -0.25) is 10.1 Å². The molecule has 0 radical (unpaired) electrons. The summed E-state index contributed by atoms with van der Waals surface area (Å²) in [6.45, 7) is -0.543. The van der Waals surface area contributed by atoms with E-state index in [0.29, 0.717) is 11.0 Å². The molecule has 1 N–H and O–H groups in total. The fourth-order valence-corrected chi connectivity index (χ4v) is 2.94. The lowest BCUT2D eigenvalue weighted by atomic mass is 9.82. The number of imide groups is 1. The Morgan fingerprint density at radius 2 is 1.73 bits per heavy atom. The number of carbonyl (C=O) groups is 2. The molecule has 1 fully saturated rings. The highest BCUT2D eigenvalue weighted by Crippen LogP contribution is 2.42. The summed E-state index contributed by atoms with van der Waals surface area (Å²) >= 11 is 0. The van der Waals surface area contributed by atoms with Gasteiger partial charge in [-0.05, 0) is 35.4 Å². The number of hydrogen-bond acceptors (Lipinski definition) is 5. The fraction of sp³-hybridized carbons (Fsp3) is 0.125. The third kappa shape index (κ3) is 2.61. The molecule has 10 heteroatoms. The summed E-state index contributed by atoms with van der Waals surface area (Å²) in [4.78, 5) is 34.1. The SMILES string of the molecule is O=C(O)N1C(=O)OC[C@]1(c1ccc([N+](=O)[O-])cc1)c1cc(F)cc(F)c1. The maximum absolute atomic E-state index is 13.7. The van der Waals surface area contributed by atoms with Crippen molar-refractivity contribution < 1.29 is 33.1 Å². The van der Waals surface area contributed by atoms with Crippen LogP contribution in [0.2, 0.25) is 0 Å². The zero-order valence-corrected chi connectivity index (χ0v) is 12.9. The van der Waals surface area contributed by atoms with Crippen LogP contribution in [0.4, 0.5) is 24.1 Å². The van der Waals surface area contributed by atoms with Crippen molar-refractivity contribution in [1.29, 1.82) is 0 Å². The molecule has 0 aromatic heterocycles. The van der Waals surface area contributed by atoms with Gasteiger partial charge < -0.3 is 9.84 Å². The summed E-state index contributed by atoms with van der Waals surface area (Å²) in [6.07, 6.45) is -2.92. The lowest BCUT2D eigenvalue weighted by Gasteiger charge is -2.33. The van der Waals surface area contributed by atoms with E-state index < -0.39 is 40.9 Å². The molecule has 8 nitrogen and oxygen atoms in total. The Kier molecular flexibility index (Phi) is 4.03. The van der Waals surface area contributed by atoms with Crippen molar-refractivity contribution in [3.05, 3.63) is 75.3 Å². The van der Waals surface area contributed by atoms with Gasteiger partial charge in [-0.15, -0.1) is 0 Å². The topological polar surface area (TPSA) is 110 Å². The summed E-state index contributed by atoms with van der Waals surface area (Å²) in [5.74, 6) is -1.96. The molecule has 3 rings (SSSR count). The minimum Gasteiger partial charge on any atom is -0.464 e. The Morgan fingerprint density at radius 3 is 2.23 bits per heavy atom. The van der Waals surface area contributed by atoms with Crippen molar-refractivity contribution >= 4 is 17.9 Å². The number of rotatable bonds is 3. The zero-order valence-electron chi connectivity index (χ0n) is 12.9. The largest absolute Gasteiger partial charge is 0.464 e. The molecule has 2 aromatic carbocycles. The summed E-state index contributed by atoms with van der Waals surface area (Å²) in [6, 6.07) is 6.95. The van der Waals surface area contributed by atoms with E-state index >= 15 is 0 Å². The van der Waals surface area contributed by atoms with Crippen molar-refractivity contribution in [3.8, 4) is 0 Å². The number of halogens is 2. The maximum Gasteiger partial charge on any atom is 0.420 e. The lowest BCUT2D eigenvalue weighted by Crippen LogP contribution is -2.48. The number of carboxylic acid groups (broad SMARTS) is 1. The molecule has 1 heterocycles. The van der Waals surface area contributed by atoms with Crippen LogP contribution in [0.3, 0.4) is 0 Å². The van der Waals surface area contributed by atoms with Gasteiger partial charge >= 0.3 is 12.2 Å². The van der Waals surface area contributed by atoms with Gasteiger partial charge in [0.25, 0.3) is 5.69 Å². The standard InChI is InChI=1S/C16H10F2N2O6/c17-11-5-10(6-12(18)7-11)16(8-26-15(23)19(16)14(21)22)9-1-3-13(4-2-9)20(24)25/h1-7H,8H2,(H,21,22)/t16-/m0/s1. The van der Waals surface area contributed by atoms with E-state index in [2.05, 4.69) is 0 Å². The first-order chi connectivity index (χ1) is 12.3. The van der Waals surface area contributed by atoms with Gasteiger partial charge in [-0.1, -0.05) is 0 Å². The first-order valence-electron chi connectivity index (χ1n) is 7.17. The number of carbonyl (C=O) groups excluding carboxylic acids is 1. The normalized spacial score (nSPS) is 19.3. The van der Waals surface area contributed by atoms with Crippen LogP contribution < -0.4 is 0 Å². The number of nitro groups is 1. The van der Waals surface area contributed by atoms with Gasteiger partial charge in [0.15, 0.2) is 0 Å². The number of cyclic esters (lactones) is 1. The van der Waals surface area contributed by atoms with Gasteiger partial charge in [-0.2, -0.15) is 4.90 Å². The molecule has 0 unspecified atom stereocenters. The quantitative estimate of drug-likeness (QED) is 0.661. The molecular weight excluding hydrogens is 354 g/mol. The van der Waals surface area contributed by atoms with Crippen LogP contribution in [-0.2, 0) is 10.3 Å². The Bertz CT molecular complexity index is 897. The van der Waals surface area contributed by atoms with Gasteiger partial charge in [0.05, 0.1) is 4.92 Å². The molecule has 1 saturated heterocycles. The van der Waals surface area contributed by atoms with Crippen molar-refractivity contribution in [2.24, 2.45) is 0 Å². The van der Waals surface area contributed by atoms with Crippen LogP contribution in [0.1, 0.15) is 11.1 Å². The summed E-state index contributed by atoms with van der Waals surface area (Å²) in [5.41, 5.74) is -2.26. The second kappa shape index (κ2) is 6.06. The van der Waals surface area contributed by atoms with Crippen LogP contribution in [0, 0.1) is 21.7 Å². The number of hydrogen-bond donors (Lipinski definition) is 1. The Labute approximate surface area is 144 Å².